The molecule has 5 nitrogen and oxygen atoms in total. The van der Waals surface area contributed by atoms with Crippen molar-refractivity contribution in [1.29, 1.82) is 5.26 Å². The molecule has 74 valence electrons. The van der Waals surface area contributed by atoms with Gasteiger partial charge in [-0.1, -0.05) is 22.9 Å². The van der Waals surface area contributed by atoms with Gasteiger partial charge in [-0.2, -0.15) is 5.26 Å². The standard InChI is InChI=1S/C6H9BrN2O3S/c1-5(3-13-4-8)6(2-7)12-9(10)11/h5-6H,2-3H2,1H3. The number of thioether (sulfide) groups is 1. The highest BCUT2D eigenvalue weighted by molar-refractivity contribution is 9.09. The first-order valence-electron chi connectivity index (χ1n) is 3.49. The van der Waals surface area contributed by atoms with Gasteiger partial charge in [0.15, 0.2) is 0 Å². The van der Waals surface area contributed by atoms with Gasteiger partial charge in [-0.05, 0) is 17.7 Å². The highest BCUT2D eigenvalue weighted by Crippen LogP contribution is 2.15. The zero-order valence-electron chi connectivity index (χ0n) is 6.97. The van der Waals surface area contributed by atoms with Crippen molar-refractivity contribution in [2.24, 2.45) is 5.92 Å². The smallest absolute Gasteiger partial charge is 0.294 e. The Bertz CT molecular complexity index is 209. The Labute approximate surface area is 88.7 Å². The predicted octanol–water partition coefficient (Wildman–Crippen LogP) is 1.81. The van der Waals surface area contributed by atoms with E-state index in [-0.39, 0.29) is 5.92 Å². The lowest BCUT2D eigenvalue weighted by atomic mass is 10.1. The Morgan fingerprint density at radius 3 is 2.85 bits per heavy atom. The first kappa shape index (κ1) is 12.5. The number of hydrogen-bond acceptors (Lipinski definition) is 5. The molecule has 0 aliphatic heterocycles. The number of halogens is 1. The molecule has 0 saturated carbocycles. The summed E-state index contributed by atoms with van der Waals surface area (Å²) in [5.74, 6) is 0.495. The highest BCUT2D eigenvalue weighted by Gasteiger charge is 2.19. The Hall–Kier alpha value is -0.480. The summed E-state index contributed by atoms with van der Waals surface area (Å²) < 4.78 is 0. The largest absolute Gasteiger partial charge is 0.309 e. The second-order valence-electron chi connectivity index (χ2n) is 2.40. The van der Waals surface area contributed by atoms with Crippen LogP contribution in [0.25, 0.3) is 0 Å². The van der Waals surface area contributed by atoms with Gasteiger partial charge in [-0.25, -0.2) is 0 Å². The van der Waals surface area contributed by atoms with Crippen molar-refractivity contribution in [1.82, 2.24) is 0 Å². The molecule has 0 saturated heterocycles. The van der Waals surface area contributed by atoms with Crippen LogP contribution in [0.4, 0.5) is 0 Å². The molecule has 0 heterocycles. The lowest BCUT2D eigenvalue weighted by molar-refractivity contribution is -0.768. The summed E-state index contributed by atoms with van der Waals surface area (Å²) >= 11 is 4.18. The minimum atomic E-state index is -0.806. The van der Waals surface area contributed by atoms with Crippen molar-refractivity contribution < 1.29 is 9.92 Å². The number of rotatable bonds is 6. The number of nitriles is 1. The van der Waals surface area contributed by atoms with E-state index >= 15 is 0 Å². The zero-order chi connectivity index (χ0) is 10.3. The minimum absolute atomic E-state index is 0.0329. The average molecular weight is 269 g/mol. The number of alkyl halides is 1. The third-order valence-electron chi connectivity index (χ3n) is 1.42. The molecule has 0 aliphatic carbocycles. The van der Waals surface area contributed by atoms with E-state index in [1.165, 1.54) is 0 Å². The summed E-state index contributed by atoms with van der Waals surface area (Å²) in [6.45, 7) is 1.81. The summed E-state index contributed by atoms with van der Waals surface area (Å²) in [7, 11) is 0. The highest BCUT2D eigenvalue weighted by atomic mass is 79.9. The Kier molecular flexibility index (Phi) is 6.72. The van der Waals surface area contributed by atoms with Gasteiger partial charge >= 0.3 is 0 Å². The van der Waals surface area contributed by atoms with Crippen molar-refractivity contribution in [2.75, 3.05) is 11.1 Å². The van der Waals surface area contributed by atoms with Crippen LogP contribution >= 0.6 is 27.7 Å². The van der Waals surface area contributed by atoms with E-state index in [0.717, 1.165) is 11.8 Å². The van der Waals surface area contributed by atoms with Crippen LogP contribution in [0.15, 0.2) is 0 Å². The van der Waals surface area contributed by atoms with Gasteiger partial charge in [0.2, 0.25) is 0 Å². The zero-order valence-corrected chi connectivity index (χ0v) is 9.38. The first-order valence-corrected chi connectivity index (χ1v) is 5.60. The molecule has 0 aromatic carbocycles. The van der Waals surface area contributed by atoms with Gasteiger partial charge in [0, 0.05) is 11.1 Å². The van der Waals surface area contributed by atoms with E-state index in [4.69, 9.17) is 5.26 Å². The topological polar surface area (TPSA) is 76.2 Å². The molecule has 0 bridgehead atoms. The minimum Gasteiger partial charge on any atom is -0.309 e. The maximum Gasteiger partial charge on any atom is 0.294 e. The lowest BCUT2D eigenvalue weighted by Crippen LogP contribution is -2.27. The van der Waals surface area contributed by atoms with Crippen LogP contribution in [0, 0.1) is 26.7 Å². The maximum absolute atomic E-state index is 10.0. The van der Waals surface area contributed by atoms with Crippen LogP contribution in [0.1, 0.15) is 6.92 Å². The van der Waals surface area contributed by atoms with E-state index in [1.807, 2.05) is 5.40 Å². The second-order valence-corrected chi connectivity index (χ2v) is 3.85. The van der Waals surface area contributed by atoms with Crippen LogP contribution in [0.3, 0.4) is 0 Å². The van der Waals surface area contributed by atoms with Gasteiger partial charge in [0.25, 0.3) is 5.09 Å². The first-order chi connectivity index (χ1) is 6.11. The van der Waals surface area contributed by atoms with Crippen LogP contribution in [0.5, 0.6) is 0 Å². The van der Waals surface area contributed by atoms with Crippen LogP contribution in [-0.2, 0) is 4.84 Å². The fraction of sp³-hybridized carbons (Fsp3) is 0.833. The van der Waals surface area contributed by atoms with Gasteiger partial charge in [0.1, 0.15) is 11.5 Å². The molecule has 2 unspecified atom stereocenters. The van der Waals surface area contributed by atoms with Crippen molar-refractivity contribution in [3.63, 3.8) is 0 Å². The van der Waals surface area contributed by atoms with Crippen LogP contribution < -0.4 is 0 Å². The SMILES string of the molecule is CC(CSC#N)C(CBr)O[N+](=O)[O-]. The van der Waals surface area contributed by atoms with E-state index in [2.05, 4.69) is 20.8 Å². The number of nitrogens with zero attached hydrogens (tertiary/aromatic N) is 2. The second kappa shape index (κ2) is 6.97. The summed E-state index contributed by atoms with van der Waals surface area (Å²) in [5, 5.41) is 19.8. The molecule has 2 atom stereocenters. The fourth-order valence-electron chi connectivity index (χ4n) is 0.671. The quantitative estimate of drug-likeness (QED) is 0.318. The van der Waals surface area contributed by atoms with Crippen molar-refractivity contribution in [2.45, 2.75) is 13.0 Å². The van der Waals surface area contributed by atoms with Crippen LogP contribution in [0.2, 0.25) is 0 Å². The molecule has 0 rings (SSSR count). The Morgan fingerprint density at radius 2 is 2.46 bits per heavy atom. The van der Waals surface area contributed by atoms with E-state index < -0.39 is 11.2 Å². The molecule has 0 aliphatic rings. The predicted molar refractivity (Wildman–Crippen MR) is 52.9 cm³/mol. The molecule has 0 spiro atoms. The Balaban J connectivity index is 3.92. The molecule has 0 N–H and O–H groups in total. The molecular formula is C6H9BrN2O3S. The third-order valence-corrected chi connectivity index (χ3v) is 2.88. The molecule has 13 heavy (non-hydrogen) atoms. The van der Waals surface area contributed by atoms with Gasteiger partial charge in [-0.15, -0.1) is 10.1 Å². The lowest BCUT2D eigenvalue weighted by Gasteiger charge is -2.17. The normalized spacial score (nSPS) is 14.2. The molecule has 7 heteroatoms. The molecule has 0 aromatic rings. The number of thiocyanates is 1. The third kappa shape index (κ3) is 5.71. The van der Waals surface area contributed by atoms with Gasteiger partial charge in [-0.3, -0.25) is 0 Å². The molecule has 0 fully saturated rings. The van der Waals surface area contributed by atoms with Gasteiger partial charge in [0.05, 0.1) is 0 Å². The van der Waals surface area contributed by atoms with E-state index in [9.17, 15) is 10.1 Å². The molecule has 0 amide bonds. The van der Waals surface area contributed by atoms with Crippen molar-refractivity contribution in [3.05, 3.63) is 10.1 Å². The maximum atomic E-state index is 10.0. The molecule has 0 radical (unpaired) electrons. The van der Waals surface area contributed by atoms with Crippen molar-refractivity contribution >= 4 is 27.7 Å². The Morgan fingerprint density at radius 1 is 1.85 bits per heavy atom. The molecular weight excluding hydrogens is 260 g/mol. The summed E-state index contributed by atoms with van der Waals surface area (Å²) in [6, 6.07) is 0. The summed E-state index contributed by atoms with van der Waals surface area (Å²) in [5.41, 5.74) is 0. The average Bonchev–Trinajstić information content (AvgIpc) is 2.09. The van der Waals surface area contributed by atoms with E-state index in [1.54, 1.807) is 6.92 Å². The van der Waals surface area contributed by atoms with Crippen LogP contribution in [-0.4, -0.2) is 22.3 Å². The molecule has 0 aromatic heterocycles. The monoisotopic (exact) mass is 268 g/mol. The summed E-state index contributed by atoms with van der Waals surface area (Å²) in [4.78, 5) is 14.4. The van der Waals surface area contributed by atoms with Gasteiger partial charge < -0.3 is 4.84 Å². The van der Waals surface area contributed by atoms with E-state index in [0.29, 0.717) is 11.1 Å². The van der Waals surface area contributed by atoms with Crippen molar-refractivity contribution in [3.8, 4) is 5.40 Å². The fourth-order valence-corrected chi connectivity index (χ4v) is 1.98. The summed E-state index contributed by atoms with van der Waals surface area (Å²) in [6.07, 6.45) is -0.490. The number of hydrogen-bond donors (Lipinski definition) is 0.